The van der Waals surface area contributed by atoms with Crippen LogP contribution in [0.15, 0.2) is 60.7 Å². The number of carbonyl (C=O) groups is 3. The molecule has 1 saturated heterocycles. The molecule has 0 spiro atoms. The number of esters is 1. The molecule has 3 rings (SSSR count). The van der Waals surface area contributed by atoms with Crippen molar-refractivity contribution in [2.75, 3.05) is 26.8 Å². The number of methoxy groups -OCH3 is 1. The van der Waals surface area contributed by atoms with Gasteiger partial charge in [-0.2, -0.15) is 0 Å². The van der Waals surface area contributed by atoms with E-state index in [2.05, 4.69) is 0 Å². The first-order chi connectivity index (χ1) is 15.1. The Balaban J connectivity index is 1.68. The van der Waals surface area contributed by atoms with E-state index in [1.165, 1.54) is 17.1 Å². The van der Waals surface area contributed by atoms with Crippen LogP contribution >= 0.6 is 0 Å². The molecule has 0 N–H and O–H groups in total. The van der Waals surface area contributed by atoms with Crippen LogP contribution in [-0.2, 0) is 36.8 Å². The zero-order valence-corrected chi connectivity index (χ0v) is 17.4. The molecule has 0 aromatic heterocycles. The topological polar surface area (TPSA) is 85.4 Å². The van der Waals surface area contributed by atoms with E-state index < -0.39 is 18.2 Å². The largest absolute Gasteiger partial charge is 0.458 e. The molecular weight excluding hydrogens is 400 g/mol. The van der Waals surface area contributed by atoms with E-state index >= 15 is 0 Å². The van der Waals surface area contributed by atoms with Gasteiger partial charge in [-0.3, -0.25) is 4.79 Å². The average Bonchev–Trinajstić information content (AvgIpc) is 3.29. The fourth-order valence-corrected chi connectivity index (χ4v) is 3.26. The molecule has 8 heteroatoms. The van der Waals surface area contributed by atoms with E-state index in [0.717, 1.165) is 11.1 Å². The summed E-state index contributed by atoms with van der Waals surface area (Å²) >= 11 is 0. The first-order valence-electron chi connectivity index (χ1n) is 10.1. The van der Waals surface area contributed by atoms with Crippen LogP contribution in [0, 0.1) is 0 Å². The highest BCUT2D eigenvalue weighted by Crippen LogP contribution is 2.16. The smallest absolute Gasteiger partial charge is 0.429 e. The molecule has 1 atom stereocenters. The minimum Gasteiger partial charge on any atom is -0.458 e. The van der Waals surface area contributed by atoms with Crippen molar-refractivity contribution in [1.82, 2.24) is 10.0 Å². The molecule has 2 amide bonds. The van der Waals surface area contributed by atoms with Crippen LogP contribution in [0.25, 0.3) is 0 Å². The highest BCUT2D eigenvalue weighted by atomic mass is 16.6. The molecule has 0 saturated carbocycles. The molecule has 2 aromatic carbocycles. The van der Waals surface area contributed by atoms with E-state index in [9.17, 15) is 14.4 Å². The number of nitrogens with zero attached hydrogens (tertiary/aromatic N) is 2. The summed E-state index contributed by atoms with van der Waals surface area (Å²) in [5.41, 5.74) is 1.65. The molecule has 0 aliphatic carbocycles. The van der Waals surface area contributed by atoms with Crippen molar-refractivity contribution in [1.29, 1.82) is 0 Å². The van der Waals surface area contributed by atoms with Crippen molar-refractivity contribution in [3.8, 4) is 0 Å². The van der Waals surface area contributed by atoms with Gasteiger partial charge in [0.15, 0.2) is 0 Å². The maximum atomic E-state index is 12.8. The molecule has 0 bridgehead atoms. The fourth-order valence-electron chi connectivity index (χ4n) is 3.26. The van der Waals surface area contributed by atoms with Crippen molar-refractivity contribution in [3.05, 3.63) is 71.8 Å². The van der Waals surface area contributed by atoms with Crippen molar-refractivity contribution in [2.24, 2.45) is 0 Å². The second kappa shape index (κ2) is 11.1. The summed E-state index contributed by atoms with van der Waals surface area (Å²) in [6, 6.07) is 18.5. The van der Waals surface area contributed by atoms with Crippen LogP contribution in [0.2, 0.25) is 0 Å². The highest BCUT2D eigenvalue weighted by molar-refractivity contribution is 5.82. The first kappa shape index (κ1) is 22.3. The lowest BCUT2D eigenvalue weighted by molar-refractivity contribution is -0.157. The minimum atomic E-state index is -1.14. The molecular formula is C23H26N2O6. The van der Waals surface area contributed by atoms with Gasteiger partial charge >= 0.3 is 12.1 Å². The zero-order valence-electron chi connectivity index (χ0n) is 17.4. The predicted octanol–water partition coefficient (Wildman–Crippen LogP) is 2.57. The lowest BCUT2D eigenvalue weighted by atomic mass is 10.1. The lowest BCUT2D eigenvalue weighted by Gasteiger charge is -2.28. The van der Waals surface area contributed by atoms with Crippen LogP contribution in [0.3, 0.4) is 0 Å². The Kier molecular flexibility index (Phi) is 8.00. The highest BCUT2D eigenvalue weighted by Gasteiger charge is 2.35. The number of hydrazine groups is 1. The molecule has 1 aliphatic rings. The molecule has 31 heavy (non-hydrogen) atoms. The summed E-state index contributed by atoms with van der Waals surface area (Å²) < 4.78 is 15.8. The first-order valence-corrected chi connectivity index (χ1v) is 10.1. The summed E-state index contributed by atoms with van der Waals surface area (Å²) in [4.78, 5) is 37.8. The monoisotopic (exact) mass is 426 g/mol. The Bertz CT molecular complexity index is 874. The van der Waals surface area contributed by atoms with Gasteiger partial charge in [-0.05, 0) is 17.5 Å². The normalized spacial score (nSPS) is 14.2. The van der Waals surface area contributed by atoms with E-state index in [-0.39, 0.29) is 25.5 Å². The Morgan fingerprint density at radius 2 is 1.52 bits per heavy atom. The number of hydrogen-bond acceptors (Lipinski definition) is 6. The molecule has 0 radical (unpaired) electrons. The molecule has 164 valence electrons. The van der Waals surface area contributed by atoms with Gasteiger partial charge in [0.2, 0.25) is 6.10 Å². The van der Waals surface area contributed by atoms with Gasteiger partial charge in [-0.1, -0.05) is 60.7 Å². The number of rotatable bonds is 8. The van der Waals surface area contributed by atoms with E-state index in [0.29, 0.717) is 19.5 Å². The van der Waals surface area contributed by atoms with E-state index in [4.69, 9.17) is 14.2 Å². The van der Waals surface area contributed by atoms with Crippen LogP contribution in [0.1, 0.15) is 17.5 Å². The van der Waals surface area contributed by atoms with Gasteiger partial charge in [0.25, 0.3) is 5.91 Å². The van der Waals surface area contributed by atoms with Crippen LogP contribution in [-0.4, -0.2) is 60.9 Å². The number of amides is 2. The summed E-state index contributed by atoms with van der Waals surface area (Å²) in [7, 11) is 1.41. The SMILES string of the molecule is COCC(=O)N1CCCN1C(=O)O[C@@H](Cc1ccccc1)C(=O)OCc1ccccc1. The Hall–Kier alpha value is -3.39. The second-order valence-electron chi connectivity index (χ2n) is 7.08. The fraction of sp³-hybridized carbons (Fsp3) is 0.348. The number of carbonyl (C=O) groups excluding carboxylic acids is 3. The maximum Gasteiger partial charge on any atom is 0.429 e. The van der Waals surface area contributed by atoms with Crippen molar-refractivity contribution >= 4 is 18.0 Å². The molecule has 1 fully saturated rings. The molecule has 1 aliphatic heterocycles. The van der Waals surface area contributed by atoms with Crippen molar-refractivity contribution in [2.45, 2.75) is 25.6 Å². The number of ether oxygens (including phenoxy) is 3. The molecule has 1 heterocycles. The molecule has 0 unspecified atom stereocenters. The zero-order chi connectivity index (χ0) is 22.1. The van der Waals surface area contributed by atoms with Crippen molar-refractivity contribution in [3.63, 3.8) is 0 Å². The van der Waals surface area contributed by atoms with Crippen LogP contribution < -0.4 is 0 Å². The summed E-state index contributed by atoms with van der Waals surface area (Å²) in [5, 5.41) is 2.50. The molecule has 2 aromatic rings. The van der Waals surface area contributed by atoms with Gasteiger partial charge in [0.1, 0.15) is 13.2 Å². The minimum absolute atomic E-state index is 0.0741. The van der Waals surface area contributed by atoms with E-state index in [1.54, 1.807) is 0 Å². The standard InChI is InChI=1S/C23H26N2O6/c1-29-17-21(26)24-13-8-14-25(24)23(28)31-20(15-18-9-4-2-5-10-18)22(27)30-16-19-11-6-3-7-12-19/h2-7,9-12,20H,8,13-17H2,1H3/t20-/m0/s1. The van der Waals surface area contributed by atoms with Crippen molar-refractivity contribution < 1.29 is 28.6 Å². The van der Waals surface area contributed by atoms with Gasteiger partial charge < -0.3 is 14.2 Å². The summed E-state index contributed by atoms with van der Waals surface area (Å²) in [6.45, 7) is 0.644. The summed E-state index contributed by atoms with van der Waals surface area (Å²) in [6.07, 6.45) is -1.12. The van der Waals surface area contributed by atoms with Crippen LogP contribution in [0.4, 0.5) is 4.79 Å². The third-order valence-corrected chi connectivity index (χ3v) is 4.79. The van der Waals surface area contributed by atoms with E-state index in [1.807, 2.05) is 60.7 Å². The quantitative estimate of drug-likeness (QED) is 0.603. The molecule has 8 nitrogen and oxygen atoms in total. The average molecular weight is 426 g/mol. The van der Waals surface area contributed by atoms with Gasteiger partial charge in [0.05, 0.1) is 0 Å². The number of benzene rings is 2. The summed E-state index contributed by atoms with van der Waals surface area (Å²) in [5.74, 6) is -0.988. The Labute approximate surface area is 181 Å². The lowest BCUT2D eigenvalue weighted by Crippen LogP contribution is -2.48. The maximum absolute atomic E-state index is 12.8. The predicted molar refractivity (Wildman–Crippen MR) is 112 cm³/mol. The Morgan fingerprint density at radius 3 is 2.16 bits per heavy atom. The van der Waals surface area contributed by atoms with Gasteiger partial charge in [-0.25, -0.2) is 19.6 Å². The number of hydrogen-bond donors (Lipinski definition) is 0. The third kappa shape index (κ3) is 6.29. The Morgan fingerprint density at radius 1 is 0.903 bits per heavy atom. The van der Waals surface area contributed by atoms with Crippen LogP contribution in [0.5, 0.6) is 0 Å². The van der Waals surface area contributed by atoms with Gasteiger partial charge in [0, 0.05) is 26.6 Å². The third-order valence-electron chi connectivity index (χ3n) is 4.79. The second-order valence-corrected chi connectivity index (χ2v) is 7.08. The van der Waals surface area contributed by atoms with Gasteiger partial charge in [-0.15, -0.1) is 0 Å².